The highest BCUT2D eigenvalue weighted by Gasteiger charge is 2.20. The fourth-order valence-corrected chi connectivity index (χ4v) is 2.26. The molecular formula is C13H18ClN3O2. The third kappa shape index (κ3) is 3.43. The third-order valence-electron chi connectivity index (χ3n) is 3.23. The molecule has 2 aliphatic heterocycles. The first-order valence-electron chi connectivity index (χ1n) is 6.39. The van der Waals surface area contributed by atoms with Gasteiger partial charge in [-0.3, -0.25) is 0 Å². The van der Waals surface area contributed by atoms with E-state index in [1.54, 1.807) is 12.4 Å². The minimum absolute atomic E-state index is 0. The van der Waals surface area contributed by atoms with Gasteiger partial charge in [-0.05, 0) is 25.0 Å². The quantitative estimate of drug-likeness (QED) is 0.910. The maximum absolute atomic E-state index is 5.94. The average Bonchev–Trinajstić information content (AvgIpc) is 2.93. The molecule has 0 unspecified atom stereocenters. The fourth-order valence-electron chi connectivity index (χ4n) is 2.26. The number of halogens is 1. The van der Waals surface area contributed by atoms with Crippen molar-refractivity contribution in [3.63, 3.8) is 0 Å². The topological polar surface area (TPSA) is 56.3 Å². The van der Waals surface area contributed by atoms with Gasteiger partial charge in [0.05, 0.1) is 13.2 Å². The Morgan fingerprint density at radius 1 is 1.32 bits per heavy atom. The smallest absolute Gasteiger partial charge is 0.240 e. The highest BCUT2D eigenvalue weighted by molar-refractivity contribution is 5.85. The van der Waals surface area contributed by atoms with Crippen LogP contribution < -0.4 is 10.1 Å². The summed E-state index contributed by atoms with van der Waals surface area (Å²) >= 11 is 0. The number of nitrogens with zero attached hydrogens (tertiary/aromatic N) is 2. The van der Waals surface area contributed by atoms with Crippen molar-refractivity contribution in [3.8, 4) is 5.88 Å². The minimum Gasteiger partial charge on any atom is -0.471 e. The van der Waals surface area contributed by atoms with E-state index in [1.807, 2.05) is 0 Å². The normalized spacial score (nSPS) is 22.5. The first-order valence-corrected chi connectivity index (χ1v) is 6.39. The Balaban J connectivity index is 0.00000133. The van der Waals surface area contributed by atoms with Crippen LogP contribution in [0, 0.1) is 0 Å². The van der Waals surface area contributed by atoms with Gasteiger partial charge in [0.2, 0.25) is 5.88 Å². The molecule has 6 heteroatoms. The van der Waals surface area contributed by atoms with Crippen molar-refractivity contribution >= 4 is 18.0 Å². The molecule has 0 radical (unpaired) electrons. The standard InChI is InChI=1S/C13H17N3O2.ClH/c1-4-14-9-11(1)18-13-12(15-5-6-16-13)10-2-7-17-8-3-10;/h2,5-6,11,14H,1,3-4,7-9H2;1H/t11-;/m0./s1. The number of hydrogen-bond donors (Lipinski definition) is 1. The maximum atomic E-state index is 5.94. The Hall–Kier alpha value is -1.17. The molecule has 0 aromatic carbocycles. The van der Waals surface area contributed by atoms with Crippen LogP contribution in [0.3, 0.4) is 0 Å². The van der Waals surface area contributed by atoms with Gasteiger partial charge in [0, 0.05) is 18.9 Å². The lowest BCUT2D eigenvalue weighted by molar-refractivity contribution is 0.161. The van der Waals surface area contributed by atoms with Crippen molar-refractivity contribution < 1.29 is 9.47 Å². The molecule has 1 N–H and O–H groups in total. The Kier molecular flexibility index (Phi) is 5.13. The van der Waals surface area contributed by atoms with Crippen molar-refractivity contribution in [2.45, 2.75) is 18.9 Å². The van der Waals surface area contributed by atoms with E-state index >= 15 is 0 Å². The molecule has 0 spiro atoms. The maximum Gasteiger partial charge on any atom is 0.240 e. The van der Waals surface area contributed by atoms with Crippen molar-refractivity contribution in [1.29, 1.82) is 0 Å². The van der Waals surface area contributed by atoms with Crippen LogP contribution in [0.2, 0.25) is 0 Å². The predicted octanol–water partition coefficient (Wildman–Crippen LogP) is 1.44. The number of rotatable bonds is 3. The zero-order chi connectivity index (χ0) is 12.2. The molecule has 2 aliphatic rings. The molecule has 0 bridgehead atoms. The molecule has 5 nitrogen and oxygen atoms in total. The lowest BCUT2D eigenvalue weighted by Crippen LogP contribution is -2.21. The summed E-state index contributed by atoms with van der Waals surface area (Å²) in [5.41, 5.74) is 2.04. The second kappa shape index (κ2) is 6.84. The monoisotopic (exact) mass is 283 g/mol. The van der Waals surface area contributed by atoms with Crippen LogP contribution in [-0.4, -0.2) is 42.4 Å². The average molecular weight is 284 g/mol. The summed E-state index contributed by atoms with van der Waals surface area (Å²) in [7, 11) is 0. The van der Waals surface area contributed by atoms with E-state index in [-0.39, 0.29) is 18.5 Å². The summed E-state index contributed by atoms with van der Waals surface area (Å²) in [5, 5.41) is 3.28. The van der Waals surface area contributed by atoms with Gasteiger partial charge < -0.3 is 14.8 Å². The predicted molar refractivity (Wildman–Crippen MR) is 74.6 cm³/mol. The van der Waals surface area contributed by atoms with Gasteiger partial charge in [-0.2, -0.15) is 0 Å². The molecule has 0 saturated carbocycles. The summed E-state index contributed by atoms with van der Waals surface area (Å²) < 4.78 is 11.3. The molecule has 104 valence electrons. The number of nitrogens with one attached hydrogen (secondary N) is 1. The van der Waals surface area contributed by atoms with Crippen LogP contribution in [0.4, 0.5) is 0 Å². The first kappa shape index (κ1) is 14.2. The highest BCUT2D eigenvalue weighted by Crippen LogP contribution is 2.27. The van der Waals surface area contributed by atoms with Crippen LogP contribution in [-0.2, 0) is 4.74 Å². The summed E-state index contributed by atoms with van der Waals surface area (Å²) in [5.74, 6) is 0.652. The Labute approximate surface area is 118 Å². The molecule has 0 amide bonds. The lowest BCUT2D eigenvalue weighted by Gasteiger charge is -2.17. The Morgan fingerprint density at radius 3 is 2.95 bits per heavy atom. The van der Waals surface area contributed by atoms with E-state index in [9.17, 15) is 0 Å². The SMILES string of the molecule is C1=C(c2nccnc2O[C@H]2CCNC2)CCOC1.Cl. The summed E-state index contributed by atoms with van der Waals surface area (Å²) in [6.07, 6.45) is 7.57. The molecule has 3 heterocycles. The van der Waals surface area contributed by atoms with E-state index in [2.05, 4.69) is 21.4 Å². The summed E-state index contributed by atoms with van der Waals surface area (Å²) in [6.45, 7) is 3.29. The number of ether oxygens (including phenoxy) is 2. The molecule has 1 fully saturated rings. The Bertz CT molecular complexity index is 447. The van der Waals surface area contributed by atoms with Crippen molar-refractivity contribution in [2.75, 3.05) is 26.3 Å². The minimum atomic E-state index is 0. The van der Waals surface area contributed by atoms with Crippen LogP contribution in [0.1, 0.15) is 18.5 Å². The molecule has 0 aliphatic carbocycles. The van der Waals surface area contributed by atoms with Gasteiger partial charge in [-0.15, -0.1) is 12.4 Å². The lowest BCUT2D eigenvalue weighted by atomic mass is 10.1. The van der Waals surface area contributed by atoms with Crippen molar-refractivity contribution in [3.05, 3.63) is 24.2 Å². The second-order valence-corrected chi connectivity index (χ2v) is 4.50. The van der Waals surface area contributed by atoms with Crippen LogP contribution in [0.15, 0.2) is 18.5 Å². The van der Waals surface area contributed by atoms with Gasteiger partial charge in [0.25, 0.3) is 0 Å². The van der Waals surface area contributed by atoms with Crippen LogP contribution in [0.5, 0.6) is 5.88 Å². The Morgan fingerprint density at radius 2 is 2.21 bits per heavy atom. The third-order valence-corrected chi connectivity index (χ3v) is 3.23. The van der Waals surface area contributed by atoms with Gasteiger partial charge in [-0.1, -0.05) is 6.08 Å². The number of hydrogen-bond acceptors (Lipinski definition) is 5. The van der Waals surface area contributed by atoms with E-state index in [0.717, 1.165) is 38.2 Å². The van der Waals surface area contributed by atoms with E-state index in [1.165, 1.54) is 5.57 Å². The van der Waals surface area contributed by atoms with Crippen LogP contribution >= 0.6 is 12.4 Å². The largest absolute Gasteiger partial charge is 0.471 e. The highest BCUT2D eigenvalue weighted by atomic mass is 35.5. The van der Waals surface area contributed by atoms with Gasteiger partial charge in [-0.25, -0.2) is 9.97 Å². The first-order chi connectivity index (χ1) is 8.93. The van der Waals surface area contributed by atoms with Gasteiger partial charge in [0.15, 0.2) is 0 Å². The van der Waals surface area contributed by atoms with Crippen molar-refractivity contribution in [1.82, 2.24) is 15.3 Å². The molecule has 1 aromatic rings. The van der Waals surface area contributed by atoms with E-state index in [0.29, 0.717) is 12.5 Å². The number of aromatic nitrogens is 2. The molecule has 1 atom stereocenters. The zero-order valence-corrected chi connectivity index (χ0v) is 11.5. The molecule has 1 saturated heterocycles. The molecule has 3 rings (SSSR count). The molecular weight excluding hydrogens is 266 g/mol. The zero-order valence-electron chi connectivity index (χ0n) is 10.7. The molecule has 19 heavy (non-hydrogen) atoms. The second-order valence-electron chi connectivity index (χ2n) is 4.50. The van der Waals surface area contributed by atoms with E-state index < -0.39 is 0 Å². The van der Waals surface area contributed by atoms with Gasteiger partial charge >= 0.3 is 0 Å². The van der Waals surface area contributed by atoms with E-state index in [4.69, 9.17) is 9.47 Å². The van der Waals surface area contributed by atoms with Crippen LogP contribution in [0.25, 0.3) is 5.57 Å². The fraction of sp³-hybridized carbons (Fsp3) is 0.538. The van der Waals surface area contributed by atoms with Crippen molar-refractivity contribution in [2.24, 2.45) is 0 Å². The molecule has 1 aromatic heterocycles. The van der Waals surface area contributed by atoms with Gasteiger partial charge in [0.1, 0.15) is 11.8 Å². The summed E-state index contributed by atoms with van der Waals surface area (Å²) in [4.78, 5) is 8.74. The summed E-state index contributed by atoms with van der Waals surface area (Å²) in [6, 6.07) is 0.